The summed E-state index contributed by atoms with van der Waals surface area (Å²) in [5.74, 6) is 0.351. The van der Waals surface area contributed by atoms with Gasteiger partial charge in [-0.05, 0) is 40.6 Å². The second kappa shape index (κ2) is 6.29. The van der Waals surface area contributed by atoms with Gasteiger partial charge in [0.1, 0.15) is 19.1 Å². The van der Waals surface area contributed by atoms with Crippen molar-refractivity contribution in [1.29, 1.82) is 0 Å². The van der Waals surface area contributed by atoms with Crippen LogP contribution < -0.4 is 9.64 Å². The van der Waals surface area contributed by atoms with E-state index in [9.17, 15) is 9.35 Å². The number of carbonyl (C=O) groups excluding carboxylic acids is 1. The Labute approximate surface area is 130 Å². The number of nitrogens with zero attached hydrogens (tertiary/aromatic N) is 2. The van der Waals surface area contributed by atoms with Crippen LogP contribution in [0.1, 0.15) is 0 Å². The Hall–Kier alpha value is -2.19. The minimum atomic E-state index is -1.05. The van der Waals surface area contributed by atoms with Crippen molar-refractivity contribution in [3.63, 3.8) is 0 Å². The predicted molar refractivity (Wildman–Crippen MR) is 78.4 cm³/mol. The number of cyclic esters (lactones) is 1. The standard InChI is InChI=1S/C14H14N2O5S/c1-22(18)12-4-2-10(3-5-12)16-8-11(21-14(16)17)9-19-13-6-7-20-15-13/h2-7,11H,8-9H2,1H3/t11-,22?/m1/s1. The molecule has 1 unspecified atom stereocenters. The van der Waals surface area contributed by atoms with E-state index >= 15 is 0 Å². The molecule has 1 aromatic heterocycles. The third kappa shape index (κ3) is 3.18. The normalized spacial score (nSPS) is 19.1. The molecule has 1 aromatic carbocycles. The molecule has 2 atom stereocenters. The van der Waals surface area contributed by atoms with Crippen molar-refractivity contribution in [3.05, 3.63) is 36.6 Å². The summed E-state index contributed by atoms with van der Waals surface area (Å²) >= 11 is -1.05. The molecular weight excluding hydrogens is 308 g/mol. The summed E-state index contributed by atoms with van der Waals surface area (Å²) in [6, 6.07) is 8.55. The maximum Gasteiger partial charge on any atom is 0.414 e. The van der Waals surface area contributed by atoms with E-state index in [1.165, 1.54) is 11.2 Å². The van der Waals surface area contributed by atoms with E-state index in [0.29, 0.717) is 23.0 Å². The number of rotatable bonds is 5. The lowest BCUT2D eigenvalue weighted by molar-refractivity contribution is 0.102. The molecule has 1 aliphatic heterocycles. The fourth-order valence-corrected chi connectivity index (χ4v) is 2.61. The van der Waals surface area contributed by atoms with Gasteiger partial charge in [0.15, 0.2) is 11.0 Å². The van der Waals surface area contributed by atoms with Gasteiger partial charge in [0, 0.05) is 11.8 Å². The molecule has 3 rings (SSSR count). The molecule has 0 radical (unpaired) electrons. The predicted octanol–water partition coefficient (Wildman–Crippen LogP) is 1.82. The van der Waals surface area contributed by atoms with Gasteiger partial charge in [-0.1, -0.05) is 0 Å². The van der Waals surface area contributed by atoms with Crippen LogP contribution >= 0.6 is 0 Å². The first-order valence-corrected chi connectivity index (χ1v) is 8.14. The highest BCUT2D eigenvalue weighted by molar-refractivity contribution is 7.90. The van der Waals surface area contributed by atoms with Gasteiger partial charge in [0.25, 0.3) is 5.88 Å². The van der Waals surface area contributed by atoms with E-state index in [0.717, 1.165) is 0 Å². The van der Waals surface area contributed by atoms with Gasteiger partial charge in [0.05, 0.1) is 6.54 Å². The molecule has 2 aromatic rings. The molecule has 22 heavy (non-hydrogen) atoms. The fraction of sp³-hybridized carbons (Fsp3) is 0.286. The Morgan fingerprint density at radius 3 is 2.82 bits per heavy atom. The minimum Gasteiger partial charge on any atom is -0.612 e. The second-order valence-corrected chi connectivity index (χ2v) is 6.09. The summed E-state index contributed by atoms with van der Waals surface area (Å²) in [5, 5.41) is 3.62. The second-order valence-electron chi connectivity index (χ2n) is 4.71. The molecule has 1 saturated heterocycles. The highest BCUT2D eigenvalue weighted by Gasteiger charge is 2.33. The molecule has 0 aliphatic carbocycles. The molecule has 7 nitrogen and oxygen atoms in total. The van der Waals surface area contributed by atoms with Crippen LogP contribution in [-0.4, -0.2) is 41.3 Å². The van der Waals surface area contributed by atoms with E-state index < -0.39 is 17.3 Å². The van der Waals surface area contributed by atoms with Crippen molar-refractivity contribution in [2.75, 3.05) is 24.3 Å². The van der Waals surface area contributed by atoms with Gasteiger partial charge in [-0.2, -0.15) is 0 Å². The van der Waals surface area contributed by atoms with Crippen molar-refractivity contribution >= 4 is 23.0 Å². The van der Waals surface area contributed by atoms with Crippen molar-refractivity contribution in [2.24, 2.45) is 0 Å². The zero-order valence-electron chi connectivity index (χ0n) is 11.8. The van der Waals surface area contributed by atoms with Crippen molar-refractivity contribution in [2.45, 2.75) is 11.0 Å². The van der Waals surface area contributed by atoms with Crippen molar-refractivity contribution < 1.29 is 23.3 Å². The average molecular weight is 322 g/mol. The third-order valence-corrected chi connectivity index (χ3v) is 4.12. The summed E-state index contributed by atoms with van der Waals surface area (Å²) < 4.78 is 26.6. The lowest BCUT2D eigenvalue weighted by Crippen LogP contribution is -2.26. The van der Waals surface area contributed by atoms with Crippen LogP contribution in [0.4, 0.5) is 10.5 Å². The Balaban J connectivity index is 1.61. The lowest BCUT2D eigenvalue weighted by Gasteiger charge is -2.13. The summed E-state index contributed by atoms with van der Waals surface area (Å²) in [5.41, 5.74) is 0.697. The number of hydrogen-bond donors (Lipinski definition) is 0. The number of hydrogen-bond acceptors (Lipinski definition) is 6. The van der Waals surface area contributed by atoms with Crippen LogP contribution in [0.3, 0.4) is 0 Å². The number of aromatic nitrogens is 1. The van der Waals surface area contributed by atoms with Crippen LogP contribution in [0.15, 0.2) is 46.0 Å². The fourth-order valence-electron chi connectivity index (χ4n) is 2.09. The highest BCUT2D eigenvalue weighted by atomic mass is 32.2. The Morgan fingerprint density at radius 1 is 1.41 bits per heavy atom. The number of amides is 1. The molecule has 1 amide bonds. The van der Waals surface area contributed by atoms with Gasteiger partial charge in [-0.15, -0.1) is 0 Å². The Bertz CT molecular complexity index is 629. The first-order valence-electron chi connectivity index (χ1n) is 6.58. The SMILES string of the molecule is C[S+]([O-])c1ccc(N2C[C@H](COc3ccon3)OC2=O)cc1. The van der Waals surface area contributed by atoms with Gasteiger partial charge in [-0.25, -0.2) is 4.79 Å². The van der Waals surface area contributed by atoms with Crippen molar-refractivity contribution in [3.8, 4) is 5.88 Å². The molecule has 0 spiro atoms. The van der Waals surface area contributed by atoms with Crippen LogP contribution in [0.25, 0.3) is 0 Å². The van der Waals surface area contributed by atoms with E-state index in [4.69, 9.17) is 9.47 Å². The zero-order chi connectivity index (χ0) is 15.5. The van der Waals surface area contributed by atoms with Gasteiger partial charge in [0.2, 0.25) is 0 Å². The highest BCUT2D eigenvalue weighted by Crippen LogP contribution is 2.23. The molecule has 8 heteroatoms. The largest absolute Gasteiger partial charge is 0.612 e. The van der Waals surface area contributed by atoms with Crippen LogP contribution in [0.2, 0.25) is 0 Å². The van der Waals surface area contributed by atoms with Gasteiger partial charge in [-0.3, -0.25) is 4.90 Å². The third-order valence-electron chi connectivity index (χ3n) is 3.19. The van der Waals surface area contributed by atoms with E-state index in [1.807, 2.05) is 0 Å². The van der Waals surface area contributed by atoms with Gasteiger partial charge >= 0.3 is 6.09 Å². The smallest absolute Gasteiger partial charge is 0.414 e. The summed E-state index contributed by atoms with van der Waals surface area (Å²) in [6.07, 6.45) is 2.20. The summed E-state index contributed by atoms with van der Waals surface area (Å²) in [4.78, 5) is 14.1. The van der Waals surface area contributed by atoms with E-state index in [-0.39, 0.29) is 12.7 Å². The molecule has 1 fully saturated rings. The van der Waals surface area contributed by atoms with E-state index in [1.54, 1.807) is 36.6 Å². The Kier molecular flexibility index (Phi) is 4.21. The number of ether oxygens (including phenoxy) is 2. The maximum atomic E-state index is 11.9. The molecule has 0 bridgehead atoms. The molecule has 0 saturated carbocycles. The van der Waals surface area contributed by atoms with Gasteiger partial charge < -0.3 is 18.5 Å². The molecule has 116 valence electrons. The Morgan fingerprint density at radius 2 is 2.18 bits per heavy atom. The number of anilines is 1. The van der Waals surface area contributed by atoms with Crippen LogP contribution in [0.5, 0.6) is 5.88 Å². The van der Waals surface area contributed by atoms with Crippen LogP contribution in [0, 0.1) is 0 Å². The van der Waals surface area contributed by atoms with Crippen LogP contribution in [-0.2, 0) is 15.9 Å². The first kappa shape index (κ1) is 14.7. The minimum absolute atomic E-state index is 0.200. The summed E-state index contributed by atoms with van der Waals surface area (Å²) in [6.45, 7) is 0.580. The lowest BCUT2D eigenvalue weighted by atomic mass is 10.3. The number of carbonyl (C=O) groups is 1. The zero-order valence-corrected chi connectivity index (χ0v) is 12.6. The molecule has 0 N–H and O–H groups in total. The molecule has 1 aliphatic rings. The topological polar surface area (TPSA) is 87.9 Å². The summed E-state index contributed by atoms with van der Waals surface area (Å²) in [7, 11) is 0. The molecular formula is C14H14N2O5S. The average Bonchev–Trinajstić information content (AvgIpc) is 3.14. The maximum absolute atomic E-state index is 11.9. The van der Waals surface area contributed by atoms with E-state index in [2.05, 4.69) is 9.68 Å². The number of benzene rings is 1. The molecule has 2 heterocycles. The monoisotopic (exact) mass is 322 g/mol. The van der Waals surface area contributed by atoms with Crippen molar-refractivity contribution in [1.82, 2.24) is 5.16 Å². The first-order chi connectivity index (χ1) is 10.6. The quantitative estimate of drug-likeness (QED) is 0.780.